The van der Waals surface area contributed by atoms with Gasteiger partial charge in [0.1, 0.15) is 11.6 Å². The number of ether oxygens (including phenoxy) is 2. The van der Waals surface area contributed by atoms with Crippen LogP contribution in [0.5, 0.6) is 5.75 Å². The molecule has 1 atom stereocenters. The van der Waals surface area contributed by atoms with Crippen molar-refractivity contribution in [2.45, 2.75) is 25.8 Å². The highest BCUT2D eigenvalue weighted by molar-refractivity contribution is 5.78. The van der Waals surface area contributed by atoms with Crippen molar-refractivity contribution in [3.05, 3.63) is 53.9 Å². The molecular weight excluding hydrogens is 337 g/mol. The Morgan fingerprint density at radius 3 is 2.85 bits per heavy atom. The van der Waals surface area contributed by atoms with E-state index in [-0.39, 0.29) is 24.4 Å². The predicted molar refractivity (Wildman–Crippen MR) is 93.3 cm³/mol. The molecule has 1 aromatic heterocycles. The normalized spacial score (nSPS) is 17.2. The Kier molecular flexibility index (Phi) is 6.12. The maximum atomic E-state index is 12.9. The molecule has 0 radical (unpaired) electrons. The van der Waals surface area contributed by atoms with Gasteiger partial charge in [0.25, 0.3) is 5.91 Å². The number of carbonyl (C=O) groups excluding carboxylic acids is 1. The summed E-state index contributed by atoms with van der Waals surface area (Å²) < 4.78 is 24.0. The fourth-order valence-corrected chi connectivity index (χ4v) is 2.97. The molecule has 6 nitrogen and oxygen atoms in total. The van der Waals surface area contributed by atoms with Crippen molar-refractivity contribution in [2.24, 2.45) is 0 Å². The van der Waals surface area contributed by atoms with E-state index in [1.165, 1.54) is 24.3 Å². The van der Waals surface area contributed by atoms with Crippen LogP contribution >= 0.6 is 0 Å². The summed E-state index contributed by atoms with van der Waals surface area (Å²) in [5.41, 5.74) is 1.84. The number of rotatable bonds is 6. The molecule has 0 saturated carbocycles. The van der Waals surface area contributed by atoms with Crippen LogP contribution < -0.4 is 4.74 Å². The maximum Gasteiger partial charge on any atom is 0.260 e. The number of morpholine rings is 1. The largest absolute Gasteiger partial charge is 0.484 e. The Morgan fingerprint density at radius 2 is 2.08 bits per heavy atom. The SMILES string of the molecule is Cc1nccnc1CC[C@@H]1COCCN1C(=O)COc1ccc(F)cc1. The Labute approximate surface area is 152 Å². The fourth-order valence-electron chi connectivity index (χ4n) is 2.97. The lowest BCUT2D eigenvalue weighted by Crippen LogP contribution is -2.50. The zero-order chi connectivity index (χ0) is 18.4. The van der Waals surface area contributed by atoms with Crippen LogP contribution in [-0.4, -0.2) is 53.2 Å². The first-order chi connectivity index (χ1) is 12.6. The smallest absolute Gasteiger partial charge is 0.260 e. The van der Waals surface area contributed by atoms with Gasteiger partial charge in [-0.1, -0.05) is 0 Å². The number of benzene rings is 1. The minimum Gasteiger partial charge on any atom is -0.484 e. The average molecular weight is 359 g/mol. The van der Waals surface area contributed by atoms with E-state index >= 15 is 0 Å². The lowest BCUT2D eigenvalue weighted by Gasteiger charge is -2.35. The zero-order valence-corrected chi connectivity index (χ0v) is 14.7. The van der Waals surface area contributed by atoms with E-state index in [4.69, 9.17) is 9.47 Å². The van der Waals surface area contributed by atoms with Gasteiger partial charge in [-0.3, -0.25) is 14.8 Å². The van der Waals surface area contributed by atoms with Gasteiger partial charge in [0.05, 0.1) is 30.6 Å². The number of hydrogen-bond donors (Lipinski definition) is 0. The lowest BCUT2D eigenvalue weighted by atomic mass is 10.1. The van der Waals surface area contributed by atoms with Crippen LogP contribution in [0.4, 0.5) is 4.39 Å². The van der Waals surface area contributed by atoms with E-state index in [2.05, 4.69) is 9.97 Å². The van der Waals surface area contributed by atoms with Gasteiger partial charge >= 0.3 is 0 Å². The molecule has 0 spiro atoms. The van der Waals surface area contributed by atoms with E-state index in [9.17, 15) is 9.18 Å². The summed E-state index contributed by atoms with van der Waals surface area (Å²) in [5.74, 6) is 0.0365. The quantitative estimate of drug-likeness (QED) is 0.791. The monoisotopic (exact) mass is 359 g/mol. The molecule has 1 aliphatic rings. The van der Waals surface area contributed by atoms with Crippen molar-refractivity contribution in [3.8, 4) is 5.75 Å². The average Bonchev–Trinajstić information content (AvgIpc) is 2.67. The summed E-state index contributed by atoms with van der Waals surface area (Å²) in [6.07, 6.45) is 4.84. The molecule has 1 fully saturated rings. The van der Waals surface area contributed by atoms with Crippen LogP contribution in [0.15, 0.2) is 36.7 Å². The van der Waals surface area contributed by atoms with Gasteiger partial charge < -0.3 is 14.4 Å². The summed E-state index contributed by atoms with van der Waals surface area (Å²) in [4.78, 5) is 23.0. The van der Waals surface area contributed by atoms with Crippen molar-refractivity contribution in [1.29, 1.82) is 0 Å². The molecule has 1 saturated heterocycles. The summed E-state index contributed by atoms with van der Waals surface area (Å²) in [6.45, 7) is 3.41. The first-order valence-electron chi connectivity index (χ1n) is 8.65. The van der Waals surface area contributed by atoms with Crippen LogP contribution in [0.2, 0.25) is 0 Å². The number of nitrogens with zero attached hydrogens (tertiary/aromatic N) is 3. The third-order valence-electron chi connectivity index (χ3n) is 4.42. The minimum absolute atomic E-state index is 0.0190. The van der Waals surface area contributed by atoms with E-state index in [0.29, 0.717) is 25.5 Å². The van der Waals surface area contributed by atoms with Crippen molar-refractivity contribution >= 4 is 5.91 Å². The molecule has 2 heterocycles. The van der Waals surface area contributed by atoms with Gasteiger partial charge in [0.2, 0.25) is 0 Å². The second-order valence-electron chi connectivity index (χ2n) is 6.19. The Morgan fingerprint density at radius 1 is 1.31 bits per heavy atom. The molecule has 1 aliphatic heterocycles. The van der Waals surface area contributed by atoms with Crippen LogP contribution in [0.3, 0.4) is 0 Å². The highest BCUT2D eigenvalue weighted by atomic mass is 19.1. The van der Waals surface area contributed by atoms with Gasteiger partial charge in [-0.25, -0.2) is 4.39 Å². The second-order valence-corrected chi connectivity index (χ2v) is 6.19. The number of amides is 1. The topological polar surface area (TPSA) is 64.6 Å². The van der Waals surface area contributed by atoms with Crippen LogP contribution in [0, 0.1) is 12.7 Å². The van der Waals surface area contributed by atoms with Gasteiger partial charge in [0, 0.05) is 18.9 Å². The highest BCUT2D eigenvalue weighted by Crippen LogP contribution is 2.16. The van der Waals surface area contributed by atoms with Crippen LogP contribution in [0.1, 0.15) is 17.8 Å². The number of halogens is 1. The van der Waals surface area contributed by atoms with Crippen molar-refractivity contribution in [2.75, 3.05) is 26.4 Å². The summed E-state index contributed by atoms with van der Waals surface area (Å²) in [7, 11) is 0. The van der Waals surface area contributed by atoms with E-state index in [1.54, 1.807) is 17.3 Å². The molecule has 26 heavy (non-hydrogen) atoms. The van der Waals surface area contributed by atoms with Crippen molar-refractivity contribution < 1.29 is 18.7 Å². The predicted octanol–water partition coefficient (Wildman–Crippen LogP) is 2.16. The van der Waals surface area contributed by atoms with E-state index in [1.807, 2.05) is 6.92 Å². The molecule has 2 aromatic rings. The molecule has 0 N–H and O–H groups in total. The fraction of sp³-hybridized carbons (Fsp3) is 0.421. The third-order valence-corrected chi connectivity index (χ3v) is 4.42. The lowest BCUT2D eigenvalue weighted by molar-refractivity contribution is -0.142. The second kappa shape index (κ2) is 8.71. The van der Waals surface area contributed by atoms with Gasteiger partial charge in [-0.15, -0.1) is 0 Å². The third kappa shape index (κ3) is 4.76. The number of hydrogen-bond acceptors (Lipinski definition) is 5. The van der Waals surface area contributed by atoms with Crippen molar-refractivity contribution in [1.82, 2.24) is 14.9 Å². The molecule has 0 aliphatic carbocycles. The summed E-state index contributed by atoms with van der Waals surface area (Å²) in [6, 6.07) is 5.61. The number of aromatic nitrogens is 2. The van der Waals surface area contributed by atoms with E-state index < -0.39 is 0 Å². The summed E-state index contributed by atoms with van der Waals surface area (Å²) >= 11 is 0. The van der Waals surface area contributed by atoms with E-state index in [0.717, 1.165) is 24.2 Å². The molecule has 7 heteroatoms. The minimum atomic E-state index is -0.337. The molecule has 0 unspecified atom stereocenters. The Bertz CT molecular complexity index is 739. The first kappa shape index (κ1) is 18.3. The van der Waals surface area contributed by atoms with Crippen LogP contribution in [0.25, 0.3) is 0 Å². The number of carbonyl (C=O) groups is 1. The van der Waals surface area contributed by atoms with Gasteiger partial charge in [-0.05, 0) is 44.0 Å². The Balaban J connectivity index is 1.56. The molecule has 3 rings (SSSR count). The molecule has 1 aromatic carbocycles. The molecular formula is C19H22FN3O3. The Hall–Kier alpha value is -2.54. The van der Waals surface area contributed by atoms with Gasteiger partial charge in [0.15, 0.2) is 6.61 Å². The first-order valence-corrected chi connectivity index (χ1v) is 8.65. The van der Waals surface area contributed by atoms with Crippen LogP contribution in [-0.2, 0) is 16.0 Å². The zero-order valence-electron chi connectivity index (χ0n) is 14.7. The highest BCUT2D eigenvalue weighted by Gasteiger charge is 2.27. The molecule has 138 valence electrons. The number of aryl methyl sites for hydroxylation is 2. The molecule has 0 bridgehead atoms. The van der Waals surface area contributed by atoms with Gasteiger partial charge in [-0.2, -0.15) is 0 Å². The standard InChI is InChI=1S/C19H22FN3O3/c1-14-18(22-9-8-21-14)7-4-16-12-25-11-10-23(16)19(24)13-26-17-5-2-15(20)3-6-17/h2-3,5-6,8-9,16H,4,7,10-13H2,1H3/t16-/m1/s1. The molecule has 1 amide bonds. The maximum absolute atomic E-state index is 12.9. The summed E-state index contributed by atoms with van der Waals surface area (Å²) in [5, 5.41) is 0. The van der Waals surface area contributed by atoms with Crippen molar-refractivity contribution in [3.63, 3.8) is 0 Å².